The van der Waals surface area contributed by atoms with Gasteiger partial charge in [-0.2, -0.15) is 0 Å². The first-order chi connectivity index (χ1) is 14.8. The van der Waals surface area contributed by atoms with Gasteiger partial charge in [-0.05, 0) is 35.7 Å². The molecule has 2 aliphatic rings. The van der Waals surface area contributed by atoms with Crippen LogP contribution in [-0.4, -0.2) is 49.8 Å². The second-order valence-electron chi connectivity index (χ2n) is 7.25. The molecule has 2 aliphatic heterocycles. The maximum atomic E-state index is 12.3. The maximum Gasteiger partial charge on any atom is 0.469 e. The van der Waals surface area contributed by atoms with E-state index < -0.39 is 20.0 Å². The predicted octanol–water partition coefficient (Wildman–Crippen LogP) is 2.47. The van der Waals surface area contributed by atoms with E-state index in [4.69, 9.17) is 18.9 Å². The highest BCUT2D eigenvalue weighted by Gasteiger charge is 2.48. The van der Waals surface area contributed by atoms with Crippen molar-refractivity contribution in [1.29, 1.82) is 0 Å². The Balaban J connectivity index is 1.37. The summed E-state index contributed by atoms with van der Waals surface area (Å²) in [5.74, 6) is 0.809. The number of nitrogens with zero attached hydrogens (tertiary/aromatic N) is 4. The number of carbonyl (C=O) groups excluding carboxylic acids is 1. The molecule has 31 heavy (non-hydrogen) atoms. The molecule has 1 saturated heterocycles. The zero-order valence-corrected chi connectivity index (χ0v) is 17.1. The van der Waals surface area contributed by atoms with Crippen LogP contribution in [0.3, 0.4) is 0 Å². The van der Waals surface area contributed by atoms with Crippen LogP contribution in [-0.2, 0) is 20.2 Å². The van der Waals surface area contributed by atoms with Crippen molar-refractivity contribution in [3.8, 4) is 22.7 Å². The summed E-state index contributed by atoms with van der Waals surface area (Å²) in [6.45, 7) is 1.33. The molecule has 2 atom stereocenters. The van der Waals surface area contributed by atoms with E-state index >= 15 is 0 Å². The van der Waals surface area contributed by atoms with Crippen LogP contribution in [0, 0.1) is 6.92 Å². The van der Waals surface area contributed by atoms with Crippen LogP contribution in [0.15, 0.2) is 40.9 Å². The molecule has 0 radical (unpaired) electrons. The number of phosphoric acid groups is 1. The van der Waals surface area contributed by atoms with Gasteiger partial charge in [-0.3, -0.25) is 14.4 Å². The Hall–Kier alpha value is -3.11. The first-order valence-corrected chi connectivity index (χ1v) is 10.9. The van der Waals surface area contributed by atoms with Gasteiger partial charge in [-0.1, -0.05) is 12.1 Å². The summed E-state index contributed by atoms with van der Waals surface area (Å²) in [5.41, 5.74) is 4.00. The van der Waals surface area contributed by atoms with Gasteiger partial charge in [0.1, 0.15) is 11.8 Å². The monoisotopic (exact) mass is 444 g/mol. The number of aryl methyl sites for hydroxylation is 1. The van der Waals surface area contributed by atoms with E-state index in [0.29, 0.717) is 29.6 Å². The summed E-state index contributed by atoms with van der Waals surface area (Å²) in [5, 5.41) is 7.75. The number of anilines is 1. The number of cyclic esters (lactones) is 1. The Morgan fingerprint density at radius 1 is 1.23 bits per heavy atom. The predicted molar refractivity (Wildman–Crippen MR) is 106 cm³/mol. The summed E-state index contributed by atoms with van der Waals surface area (Å²) in [4.78, 5) is 36.1. The fourth-order valence-electron chi connectivity index (χ4n) is 3.86. The number of benzene rings is 1. The molecule has 1 amide bonds. The van der Waals surface area contributed by atoms with Crippen molar-refractivity contribution in [2.75, 3.05) is 11.5 Å². The highest BCUT2D eigenvalue weighted by molar-refractivity contribution is 7.46. The lowest BCUT2D eigenvalue weighted by atomic mass is 10.0. The lowest BCUT2D eigenvalue weighted by Crippen LogP contribution is -2.35. The lowest BCUT2D eigenvalue weighted by molar-refractivity contribution is 0.0761. The molecular formula is C19H17N4O7P. The minimum atomic E-state index is -4.65. The summed E-state index contributed by atoms with van der Waals surface area (Å²) in [6.07, 6.45) is 0.862. The zero-order chi connectivity index (χ0) is 21.8. The van der Waals surface area contributed by atoms with E-state index in [9.17, 15) is 9.36 Å². The van der Waals surface area contributed by atoms with Crippen LogP contribution < -0.4 is 4.90 Å². The smallest absolute Gasteiger partial charge is 0.441 e. The number of amides is 1. The standard InChI is InChI=1S/C19H17N4O7P/c1-10-21-22-18(29-10)14-4-2-12(8-20-14)11-3-5-15-13(6-11)7-16-17(9-28-31(25,26)27)30-19(24)23(15)16/h2-6,8,16-17H,7,9H2,1H3,(H2,25,26,27)/t16-,17-/m0/s1. The molecule has 2 N–H and O–H groups in total. The third-order valence-corrected chi connectivity index (χ3v) is 5.71. The van der Waals surface area contributed by atoms with Gasteiger partial charge in [0, 0.05) is 18.7 Å². The van der Waals surface area contributed by atoms with Crippen molar-refractivity contribution >= 4 is 19.6 Å². The Morgan fingerprint density at radius 2 is 2.03 bits per heavy atom. The number of rotatable bonds is 5. The van der Waals surface area contributed by atoms with E-state index in [0.717, 1.165) is 16.7 Å². The van der Waals surface area contributed by atoms with Gasteiger partial charge in [-0.15, -0.1) is 10.2 Å². The van der Waals surface area contributed by atoms with Gasteiger partial charge in [0.15, 0.2) is 0 Å². The average molecular weight is 444 g/mol. The molecule has 1 aromatic carbocycles. The van der Waals surface area contributed by atoms with E-state index in [-0.39, 0.29) is 12.6 Å². The molecule has 0 saturated carbocycles. The van der Waals surface area contributed by atoms with Gasteiger partial charge in [0.25, 0.3) is 5.89 Å². The Labute approximate surface area is 175 Å². The van der Waals surface area contributed by atoms with Crippen LogP contribution in [0.4, 0.5) is 10.5 Å². The van der Waals surface area contributed by atoms with Crippen molar-refractivity contribution in [2.24, 2.45) is 0 Å². The number of hydrogen-bond donors (Lipinski definition) is 2. The second kappa shape index (κ2) is 7.24. The quantitative estimate of drug-likeness (QED) is 0.562. The third-order valence-electron chi connectivity index (χ3n) is 5.23. The molecule has 0 unspecified atom stereocenters. The Bertz CT molecular complexity index is 1210. The van der Waals surface area contributed by atoms with E-state index in [1.807, 2.05) is 24.3 Å². The molecule has 4 heterocycles. The number of carbonyl (C=O) groups is 1. The maximum absolute atomic E-state index is 12.3. The molecule has 11 nitrogen and oxygen atoms in total. The van der Waals surface area contributed by atoms with Crippen molar-refractivity contribution in [1.82, 2.24) is 15.2 Å². The fourth-order valence-corrected chi connectivity index (χ4v) is 4.20. The number of fused-ring (bicyclic) bond motifs is 3. The van der Waals surface area contributed by atoms with Gasteiger partial charge < -0.3 is 18.9 Å². The van der Waals surface area contributed by atoms with Gasteiger partial charge in [0.05, 0.1) is 18.3 Å². The molecule has 12 heteroatoms. The molecule has 5 rings (SSSR count). The van der Waals surface area contributed by atoms with Gasteiger partial charge >= 0.3 is 13.9 Å². The molecule has 2 aromatic heterocycles. The largest absolute Gasteiger partial charge is 0.469 e. The first kappa shape index (κ1) is 19.8. The molecule has 0 aliphatic carbocycles. The van der Waals surface area contributed by atoms with E-state index in [1.54, 1.807) is 19.2 Å². The highest BCUT2D eigenvalue weighted by atomic mass is 31.2. The summed E-state index contributed by atoms with van der Waals surface area (Å²) < 4.78 is 26.2. The Kier molecular flexibility index (Phi) is 4.63. The normalized spacial score (nSPS) is 20.0. The van der Waals surface area contributed by atoms with Crippen LogP contribution in [0.25, 0.3) is 22.7 Å². The summed E-state index contributed by atoms with van der Waals surface area (Å²) >= 11 is 0. The van der Waals surface area contributed by atoms with Crippen molar-refractivity contribution in [3.63, 3.8) is 0 Å². The van der Waals surface area contributed by atoms with Gasteiger partial charge in [0.2, 0.25) is 5.89 Å². The fraction of sp³-hybridized carbons (Fsp3) is 0.263. The van der Waals surface area contributed by atoms with E-state index in [1.165, 1.54) is 4.90 Å². The SMILES string of the molecule is Cc1nnc(-c2ccc(-c3ccc4c(c3)C[C@H]3[C@H](COP(=O)(O)O)OC(=O)N43)cn2)o1. The molecule has 160 valence electrons. The Morgan fingerprint density at radius 3 is 2.71 bits per heavy atom. The number of hydrogen-bond acceptors (Lipinski definition) is 8. The molecule has 1 fully saturated rings. The van der Waals surface area contributed by atoms with Crippen molar-refractivity contribution in [3.05, 3.63) is 48.0 Å². The minimum absolute atomic E-state index is 0.348. The van der Waals surface area contributed by atoms with Crippen molar-refractivity contribution < 1.29 is 32.8 Å². The minimum Gasteiger partial charge on any atom is -0.441 e. The number of pyridine rings is 1. The molecular weight excluding hydrogens is 427 g/mol. The summed E-state index contributed by atoms with van der Waals surface area (Å²) in [7, 11) is -4.65. The average Bonchev–Trinajstić information content (AvgIpc) is 3.41. The summed E-state index contributed by atoms with van der Waals surface area (Å²) in [6, 6.07) is 8.97. The number of aromatic nitrogens is 3. The van der Waals surface area contributed by atoms with Crippen molar-refractivity contribution in [2.45, 2.75) is 25.5 Å². The number of ether oxygens (including phenoxy) is 1. The molecule has 3 aromatic rings. The van der Waals surface area contributed by atoms with Crippen LogP contribution in [0.5, 0.6) is 0 Å². The molecule has 0 bridgehead atoms. The number of phosphoric ester groups is 1. The van der Waals surface area contributed by atoms with Crippen LogP contribution >= 0.6 is 7.82 Å². The zero-order valence-electron chi connectivity index (χ0n) is 16.2. The highest BCUT2D eigenvalue weighted by Crippen LogP contribution is 2.42. The first-order valence-electron chi connectivity index (χ1n) is 9.38. The lowest BCUT2D eigenvalue weighted by Gasteiger charge is -2.16. The van der Waals surface area contributed by atoms with Crippen LogP contribution in [0.2, 0.25) is 0 Å². The van der Waals surface area contributed by atoms with Gasteiger partial charge in [-0.25, -0.2) is 9.36 Å². The van der Waals surface area contributed by atoms with Crippen LogP contribution in [0.1, 0.15) is 11.5 Å². The topological polar surface area (TPSA) is 148 Å². The third kappa shape index (κ3) is 3.72. The molecule has 0 spiro atoms. The van der Waals surface area contributed by atoms with E-state index in [2.05, 4.69) is 19.7 Å². The second-order valence-corrected chi connectivity index (χ2v) is 8.49.